The van der Waals surface area contributed by atoms with Crippen molar-refractivity contribution in [1.29, 1.82) is 0 Å². The van der Waals surface area contributed by atoms with Crippen molar-refractivity contribution in [2.24, 2.45) is 5.84 Å². The van der Waals surface area contributed by atoms with Gasteiger partial charge in [0, 0.05) is 9.50 Å². The summed E-state index contributed by atoms with van der Waals surface area (Å²) in [6, 6.07) is 10.3. The van der Waals surface area contributed by atoms with Gasteiger partial charge in [0.1, 0.15) is 5.82 Å². The van der Waals surface area contributed by atoms with Gasteiger partial charge >= 0.3 is 0 Å². The normalized spacial score (nSPS) is 12.4. The molecule has 2 rings (SSSR count). The van der Waals surface area contributed by atoms with Crippen LogP contribution in [0.2, 0.25) is 5.02 Å². The molecule has 0 saturated carbocycles. The van der Waals surface area contributed by atoms with Crippen molar-refractivity contribution < 1.29 is 4.39 Å². The molecule has 0 heterocycles. The number of aryl methyl sites for hydroxylation is 1. The molecule has 20 heavy (non-hydrogen) atoms. The molecule has 1 atom stereocenters. The molecule has 0 aromatic heterocycles. The highest BCUT2D eigenvalue weighted by Gasteiger charge is 2.14. The topological polar surface area (TPSA) is 38.0 Å². The molecule has 1 unspecified atom stereocenters. The minimum Gasteiger partial charge on any atom is -0.271 e. The van der Waals surface area contributed by atoms with Crippen molar-refractivity contribution in [2.75, 3.05) is 0 Å². The molecule has 106 valence electrons. The highest BCUT2D eigenvalue weighted by molar-refractivity contribution is 9.10. The Bertz CT molecular complexity index is 619. The minimum atomic E-state index is -0.258. The van der Waals surface area contributed by atoms with Crippen molar-refractivity contribution in [3.63, 3.8) is 0 Å². The van der Waals surface area contributed by atoms with Gasteiger partial charge in [-0.1, -0.05) is 39.7 Å². The average molecular weight is 358 g/mol. The van der Waals surface area contributed by atoms with Crippen molar-refractivity contribution >= 4 is 27.5 Å². The number of nitrogens with two attached hydrogens (primary N) is 1. The van der Waals surface area contributed by atoms with Crippen LogP contribution in [0.15, 0.2) is 40.9 Å². The molecule has 0 saturated heterocycles. The lowest BCUT2D eigenvalue weighted by Crippen LogP contribution is -2.29. The number of benzene rings is 2. The van der Waals surface area contributed by atoms with Crippen LogP contribution in [0.1, 0.15) is 22.7 Å². The summed E-state index contributed by atoms with van der Waals surface area (Å²) in [5.41, 5.74) is 5.64. The molecular weight excluding hydrogens is 343 g/mol. The fourth-order valence-electron chi connectivity index (χ4n) is 2.08. The Morgan fingerprint density at radius 2 is 2.05 bits per heavy atom. The summed E-state index contributed by atoms with van der Waals surface area (Å²) >= 11 is 9.46. The van der Waals surface area contributed by atoms with E-state index in [0.717, 1.165) is 26.2 Å². The first-order chi connectivity index (χ1) is 9.51. The number of hydrazine groups is 1. The van der Waals surface area contributed by atoms with E-state index < -0.39 is 0 Å². The molecule has 2 aromatic carbocycles. The first-order valence-electron chi connectivity index (χ1n) is 6.17. The first-order valence-corrected chi connectivity index (χ1v) is 7.34. The van der Waals surface area contributed by atoms with E-state index in [9.17, 15) is 4.39 Å². The molecule has 0 fully saturated rings. The third-order valence-corrected chi connectivity index (χ3v) is 4.42. The largest absolute Gasteiger partial charge is 0.271 e. The summed E-state index contributed by atoms with van der Waals surface area (Å²) in [4.78, 5) is 0. The van der Waals surface area contributed by atoms with Gasteiger partial charge in [0.05, 0.1) is 6.04 Å². The fraction of sp³-hybridized carbons (Fsp3) is 0.200. The number of rotatable bonds is 4. The van der Waals surface area contributed by atoms with Crippen molar-refractivity contribution in [1.82, 2.24) is 5.43 Å². The molecule has 0 radical (unpaired) electrons. The molecule has 0 aliphatic heterocycles. The predicted octanol–water partition coefficient (Wildman–Crippen LogP) is 4.30. The van der Waals surface area contributed by atoms with Gasteiger partial charge < -0.3 is 0 Å². The standard InChI is InChI=1S/C15H15BrClFN2/c1-9-6-10(2-5-14(9)17)15(20-19)8-11-7-12(18)3-4-13(11)16/h2-7,15,20H,8,19H2,1H3. The quantitative estimate of drug-likeness (QED) is 0.632. The zero-order valence-electron chi connectivity index (χ0n) is 11.0. The molecule has 3 N–H and O–H groups in total. The smallest absolute Gasteiger partial charge is 0.123 e. The van der Waals surface area contributed by atoms with Gasteiger partial charge in [-0.3, -0.25) is 11.3 Å². The predicted molar refractivity (Wildman–Crippen MR) is 84.1 cm³/mol. The number of hydrogen-bond acceptors (Lipinski definition) is 2. The van der Waals surface area contributed by atoms with Crippen molar-refractivity contribution in [3.8, 4) is 0 Å². The van der Waals surface area contributed by atoms with Gasteiger partial charge in [-0.2, -0.15) is 0 Å². The summed E-state index contributed by atoms with van der Waals surface area (Å²) in [6.07, 6.45) is 0.579. The van der Waals surface area contributed by atoms with Gasteiger partial charge in [0.15, 0.2) is 0 Å². The van der Waals surface area contributed by atoms with E-state index in [1.54, 1.807) is 6.07 Å². The van der Waals surface area contributed by atoms with Crippen LogP contribution < -0.4 is 11.3 Å². The van der Waals surface area contributed by atoms with E-state index in [4.69, 9.17) is 17.4 Å². The van der Waals surface area contributed by atoms with Crippen LogP contribution >= 0.6 is 27.5 Å². The number of hydrogen-bond donors (Lipinski definition) is 2. The second kappa shape index (κ2) is 6.68. The zero-order valence-corrected chi connectivity index (χ0v) is 13.3. The average Bonchev–Trinajstić information content (AvgIpc) is 2.43. The molecule has 0 aliphatic carbocycles. The van der Waals surface area contributed by atoms with E-state index in [2.05, 4.69) is 21.4 Å². The summed E-state index contributed by atoms with van der Waals surface area (Å²) in [5, 5.41) is 0.719. The summed E-state index contributed by atoms with van der Waals surface area (Å²) in [6.45, 7) is 1.94. The van der Waals surface area contributed by atoms with Crippen LogP contribution in [0.3, 0.4) is 0 Å². The second-order valence-electron chi connectivity index (χ2n) is 4.67. The molecule has 0 aliphatic rings. The van der Waals surface area contributed by atoms with Gasteiger partial charge in [-0.25, -0.2) is 4.39 Å². The maximum atomic E-state index is 13.3. The lowest BCUT2D eigenvalue weighted by molar-refractivity contribution is 0.547. The Balaban J connectivity index is 2.28. The highest BCUT2D eigenvalue weighted by atomic mass is 79.9. The Hall–Kier alpha value is -0.940. The molecule has 0 amide bonds. The van der Waals surface area contributed by atoms with Gasteiger partial charge in [0.2, 0.25) is 0 Å². The molecule has 0 bridgehead atoms. The molecule has 5 heteroatoms. The third kappa shape index (κ3) is 3.58. The lowest BCUT2D eigenvalue weighted by Gasteiger charge is -2.18. The maximum Gasteiger partial charge on any atom is 0.123 e. The Labute approximate surface area is 131 Å². The number of nitrogens with one attached hydrogen (secondary N) is 1. The van der Waals surface area contributed by atoms with Crippen LogP contribution in [-0.4, -0.2) is 0 Å². The van der Waals surface area contributed by atoms with Gasteiger partial charge in [0.25, 0.3) is 0 Å². The Morgan fingerprint density at radius 3 is 2.70 bits per heavy atom. The van der Waals surface area contributed by atoms with Crippen molar-refractivity contribution in [2.45, 2.75) is 19.4 Å². The molecule has 2 aromatic rings. The van der Waals surface area contributed by atoms with Gasteiger partial charge in [-0.15, -0.1) is 0 Å². The lowest BCUT2D eigenvalue weighted by atomic mass is 9.98. The molecule has 0 spiro atoms. The van der Waals surface area contributed by atoms with E-state index in [1.807, 2.05) is 25.1 Å². The molecular formula is C15H15BrClFN2. The van der Waals surface area contributed by atoms with Crippen LogP contribution in [0, 0.1) is 12.7 Å². The van der Waals surface area contributed by atoms with E-state index >= 15 is 0 Å². The van der Waals surface area contributed by atoms with Crippen LogP contribution in [0.25, 0.3) is 0 Å². The van der Waals surface area contributed by atoms with Crippen LogP contribution in [-0.2, 0) is 6.42 Å². The minimum absolute atomic E-state index is 0.107. The first kappa shape index (κ1) is 15.4. The summed E-state index contributed by atoms with van der Waals surface area (Å²) in [5.74, 6) is 5.38. The van der Waals surface area contributed by atoms with E-state index in [0.29, 0.717) is 6.42 Å². The highest BCUT2D eigenvalue weighted by Crippen LogP contribution is 2.26. The van der Waals surface area contributed by atoms with E-state index in [-0.39, 0.29) is 11.9 Å². The maximum absolute atomic E-state index is 13.3. The van der Waals surface area contributed by atoms with Crippen LogP contribution in [0.4, 0.5) is 4.39 Å². The Kier molecular flexibility index (Phi) is 5.16. The molecule has 2 nitrogen and oxygen atoms in total. The summed E-state index contributed by atoms with van der Waals surface area (Å²) in [7, 11) is 0. The van der Waals surface area contributed by atoms with E-state index in [1.165, 1.54) is 12.1 Å². The Morgan fingerprint density at radius 1 is 1.30 bits per heavy atom. The zero-order chi connectivity index (χ0) is 14.7. The summed E-state index contributed by atoms with van der Waals surface area (Å²) < 4.78 is 14.2. The third-order valence-electron chi connectivity index (χ3n) is 3.22. The number of halogens is 3. The second-order valence-corrected chi connectivity index (χ2v) is 5.93. The SMILES string of the molecule is Cc1cc(C(Cc2cc(F)ccc2Br)NN)ccc1Cl. The van der Waals surface area contributed by atoms with Crippen LogP contribution in [0.5, 0.6) is 0 Å². The van der Waals surface area contributed by atoms with Gasteiger partial charge in [-0.05, 0) is 54.3 Å². The fourth-order valence-corrected chi connectivity index (χ4v) is 2.60. The monoisotopic (exact) mass is 356 g/mol. The van der Waals surface area contributed by atoms with Crippen molar-refractivity contribution in [3.05, 3.63) is 68.4 Å².